The molecule has 0 aromatic carbocycles. The average molecular weight is 182 g/mol. The molecule has 0 saturated heterocycles. The van der Waals surface area contributed by atoms with Crippen molar-refractivity contribution in [3.8, 4) is 0 Å². The molecule has 1 heterocycles. The highest BCUT2D eigenvalue weighted by Gasteiger charge is 2.56. The van der Waals surface area contributed by atoms with Gasteiger partial charge in [-0.25, -0.2) is 0 Å². The van der Waals surface area contributed by atoms with Gasteiger partial charge in [0.15, 0.2) is 5.60 Å². The zero-order valence-corrected chi connectivity index (χ0v) is 7.91. The molecule has 1 aliphatic heterocycles. The predicted molar refractivity (Wildman–Crippen MR) is 48.0 cm³/mol. The summed E-state index contributed by atoms with van der Waals surface area (Å²) in [7, 11) is 0. The standard InChI is InChI=1S/C9H14N2O2/c1-5(2)6-3-9(4-6)7(12)11-8(10)13-9/h5-6H,3-4H2,1-2H3,(H2,10,11,12). The van der Waals surface area contributed by atoms with E-state index in [9.17, 15) is 4.79 Å². The van der Waals surface area contributed by atoms with Gasteiger partial charge in [-0.15, -0.1) is 0 Å². The number of hydrogen-bond donors (Lipinski definition) is 1. The first kappa shape index (κ1) is 8.53. The molecular formula is C9H14N2O2. The normalized spacial score (nSPS) is 37.6. The first-order valence-electron chi connectivity index (χ1n) is 4.61. The minimum Gasteiger partial charge on any atom is -0.448 e. The number of nitrogens with two attached hydrogens (primary N) is 1. The third-order valence-electron chi connectivity index (χ3n) is 3.03. The van der Waals surface area contributed by atoms with E-state index in [1.807, 2.05) is 0 Å². The van der Waals surface area contributed by atoms with E-state index < -0.39 is 5.60 Å². The Hall–Kier alpha value is -1.06. The van der Waals surface area contributed by atoms with Crippen LogP contribution in [0.1, 0.15) is 26.7 Å². The Morgan fingerprint density at radius 3 is 2.62 bits per heavy atom. The van der Waals surface area contributed by atoms with Gasteiger partial charge >= 0.3 is 0 Å². The number of amides is 1. The Bertz CT molecular complexity index is 277. The molecule has 1 fully saturated rings. The Morgan fingerprint density at radius 2 is 2.23 bits per heavy atom. The van der Waals surface area contributed by atoms with Crippen molar-refractivity contribution in [2.45, 2.75) is 32.3 Å². The van der Waals surface area contributed by atoms with Gasteiger partial charge in [-0.2, -0.15) is 4.99 Å². The van der Waals surface area contributed by atoms with E-state index in [0.29, 0.717) is 11.8 Å². The molecule has 1 aliphatic carbocycles. The molecule has 2 N–H and O–H groups in total. The van der Waals surface area contributed by atoms with Gasteiger partial charge in [0, 0.05) is 0 Å². The van der Waals surface area contributed by atoms with Gasteiger partial charge in [-0.1, -0.05) is 13.8 Å². The molecule has 0 bridgehead atoms. The second-order valence-corrected chi connectivity index (χ2v) is 4.26. The predicted octanol–water partition coefficient (Wildman–Crippen LogP) is 0.663. The summed E-state index contributed by atoms with van der Waals surface area (Å²) in [4.78, 5) is 15.0. The lowest BCUT2D eigenvalue weighted by molar-refractivity contribution is -0.145. The van der Waals surface area contributed by atoms with Crippen molar-refractivity contribution in [2.75, 3.05) is 0 Å². The number of hydrogen-bond acceptors (Lipinski definition) is 3. The molecule has 0 atom stereocenters. The molecule has 4 nitrogen and oxygen atoms in total. The van der Waals surface area contributed by atoms with Crippen molar-refractivity contribution >= 4 is 11.9 Å². The first-order chi connectivity index (χ1) is 6.03. The van der Waals surface area contributed by atoms with Crippen molar-refractivity contribution in [1.82, 2.24) is 0 Å². The van der Waals surface area contributed by atoms with Crippen LogP contribution < -0.4 is 5.73 Å². The fourth-order valence-corrected chi connectivity index (χ4v) is 1.99. The molecule has 1 saturated carbocycles. The molecule has 4 heteroatoms. The second kappa shape index (κ2) is 2.47. The van der Waals surface area contributed by atoms with Crippen molar-refractivity contribution in [1.29, 1.82) is 0 Å². The lowest BCUT2D eigenvalue weighted by Gasteiger charge is -2.43. The van der Waals surface area contributed by atoms with Crippen molar-refractivity contribution in [3.05, 3.63) is 0 Å². The highest BCUT2D eigenvalue weighted by molar-refractivity contribution is 6.01. The quantitative estimate of drug-likeness (QED) is 0.648. The van der Waals surface area contributed by atoms with Gasteiger partial charge in [0.25, 0.3) is 11.9 Å². The zero-order valence-electron chi connectivity index (χ0n) is 7.91. The van der Waals surface area contributed by atoms with Gasteiger partial charge in [0.1, 0.15) is 0 Å². The molecule has 2 aliphatic rings. The summed E-state index contributed by atoms with van der Waals surface area (Å²) < 4.78 is 5.26. The minimum absolute atomic E-state index is 0.0345. The molecule has 72 valence electrons. The monoisotopic (exact) mass is 182 g/mol. The Balaban J connectivity index is 2.02. The summed E-state index contributed by atoms with van der Waals surface area (Å²) in [5.41, 5.74) is 4.67. The van der Waals surface area contributed by atoms with Crippen LogP contribution in [0.5, 0.6) is 0 Å². The molecule has 0 aromatic heterocycles. The maximum absolute atomic E-state index is 11.4. The largest absolute Gasteiger partial charge is 0.448 e. The zero-order chi connectivity index (χ0) is 9.64. The lowest BCUT2D eigenvalue weighted by Crippen LogP contribution is -2.51. The summed E-state index contributed by atoms with van der Waals surface area (Å²) in [5, 5.41) is 0. The van der Waals surface area contributed by atoms with Crippen LogP contribution in [-0.4, -0.2) is 17.5 Å². The van der Waals surface area contributed by atoms with Crippen molar-refractivity contribution in [3.63, 3.8) is 0 Å². The molecule has 2 rings (SSSR count). The molecule has 0 unspecified atom stereocenters. The molecule has 0 radical (unpaired) electrons. The summed E-state index contributed by atoms with van der Waals surface area (Å²) in [6.07, 6.45) is 1.54. The Kier molecular flexibility index (Phi) is 1.62. The summed E-state index contributed by atoms with van der Waals surface area (Å²) in [6, 6.07) is 0.0345. The fraction of sp³-hybridized carbons (Fsp3) is 0.778. The van der Waals surface area contributed by atoms with E-state index in [0.717, 1.165) is 12.8 Å². The third kappa shape index (κ3) is 1.12. The van der Waals surface area contributed by atoms with Crippen LogP contribution in [0, 0.1) is 11.8 Å². The number of amidine groups is 1. The second-order valence-electron chi connectivity index (χ2n) is 4.26. The molecule has 1 spiro atoms. The number of carbonyl (C=O) groups is 1. The van der Waals surface area contributed by atoms with Crippen LogP contribution in [0.4, 0.5) is 0 Å². The Labute approximate surface area is 77.2 Å². The molecule has 0 aromatic rings. The van der Waals surface area contributed by atoms with Gasteiger partial charge in [-0.3, -0.25) is 4.79 Å². The van der Waals surface area contributed by atoms with Crippen LogP contribution in [0.2, 0.25) is 0 Å². The smallest absolute Gasteiger partial charge is 0.294 e. The minimum atomic E-state index is -0.668. The lowest BCUT2D eigenvalue weighted by atomic mass is 9.66. The van der Waals surface area contributed by atoms with Crippen LogP contribution in [0.25, 0.3) is 0 Å². The molecule has 1 amide bonds. The van der Waals surface area contributed by atoms with E-state index in [1.54, 1.807) is 0 Å². The number of ether oxygens (including phenoxy) is 1. The maximum atomic E-state index is 11.4. The maximum Gasteiger partial charge on any atom is 0.294 e. The van der Waals surface area contributed by atoms with Crippen molar-refractivity contribution < 1.29 is 9.53 Å². The van der Waals surface area contributed by atoms with Crippen LogP contribution in [0.15, 0.2) is 4.99 Å². The van der Waals surface area contributed by atoms with Gasteiger partial charge in [0.2, 0.25) is 0 Å². The molecular weight excluding hydrogens is 168 g/mol. The van der Waals surface area contributed by atoms with Crippen molar-refractivity contribution in [2.24, 2.45) is 22.6 Å². The van der Waals surface area contributed by atoms with Crippen LogP contribution in [-0.2, 0) is 9.53 Å². The number of carbonyl (C=O) groups excluding carboxylic acids is 1. The van der Waals surface area contributed by atoms with Gasteiger partial charge in [0.05, 0.1) is 0 Å². The topological polar surface area (TPSA) is 64.7 Å². The highest BCUT2D eigenvalue weighted by atomic mass is 16.5. The van der Waals surface area contributed by atoms with E-state index in [2.05, 4.69) is 18.8 Å². The third-order valence-corrected chi connectivity index (χ3v) is 3.03. The SMILES string of the molecule is CC(C)C1CC2(C1)OC(N)=NC2=O. The average Bonchev–Trinajstić information content (AvgIpc) is 2.21. The summed E-state index contributed by atoms with van der Waals surface area (Å²) in [5.74, 6) is 0.982. The summed E-state index contributed by atoms with van der Waals surface area (Å²) in [6.45, 7) is 4.31. The van der Waals surface area contributed by atoms with E-state index in [4.69, 9.17) is 10.5 Å². The van der Waals surface area contributed by atoms with E-state index >= 15 is 0 Å². The molecule has 13 heavy (non-hydrogen) atoms. The van der Waals surface area contributed by atoms with Crippen LogP contribution >= 0.6 is 0 Å². The highest BCUT2D eigenvalue weighted by Crippen LogP contribution is 2.47. The Morgan fingerprint density at radius 1 is 1.62 bits per heavy atom. The van der Waals surface area contributed by atoms with Gasteiger partial charge < -0.3 is 10.5 Å². The fourth-order valence-electron chi connectivity index (χ4n) is 1.99. The van der Waals surface area contributed by atoms with E-state index in [1.165, 1.54) is 0 Å². The summed E-state index contributed by atoms with van der Waals surface area (Å²) >= 11 is 0. The van der Waals surface area contributed by atoms with E-state index in [-0.39, 0.29) is 11.9 Å². The first-order valence-corrected chi connectivity index (χ1v) is 4.61. The number of nitrogens with zero attached hydrogens (tertiary/aromatic N) is 1. The van der Waals surface area contributed by atoms with Crippen LogP contribution in [0.3, 0.4) is 0 Å². The number of aliphatic imine (C=N–C) groups is 1. The number of rotatable bonds is 1. The van der Waals surface area contributed by atoms with Gasteiger partial charge in [-0.05, 0) is 24.7 Å².